The summed E-state index contributed by atoms with van der Waals surface area (Å²) in [6.07, 6.45) is 3.73. The highest BCUT2D eigenvalue weighted by Crippen LogP contribution is 2.48. The fraction of sp³-hybridized carbons (Fsp3) is 0.265. The highest BCUT2D eigenvalue weighted by Gasteiger charge is 2.44. The van der Waals surface area contributed by atoms with Crippen LogP contribution in [0.2, 0.25) is 10.0 Å². The van der Waals surface area contributed by atoms with Crippen molar-refractivity contribution in [2.45, 2.75) is 50.5 Å². The van der Waals surface area contributed by atoms with Crippen molar-refractivity contribution in [3.63, 3.8) is 0 Å². The molecule has 12 heteroatoms. The molecule has 0 atom stereocenters. The molecule has 240 valence electrons. The molecule has 1 aromatic heterocycles. The Bertz CT molecular complexity index is 2090. The second-order valence-corrected chi connectivity index (χ2v) is 13.8. The predicted molar refractivity (Wildman–Crippen MR) is 181 cm³/mol. The van der Waals surface area contributed by atoms with E-state index in [-0.39, 0.29) is 20.8 Å². The number of benzene rings is 4. The van der Waals surface area contributed by atoms with E-state index in [1.165, 1.54) is 18.2 Å². The SMILES string of the molecule is CCOc1c2ccccc2c(OCC)c2c(O)n(-c3ccc(CC4(NC(=O)NS(=O)(=O)c5c(Cl)cccc5Cl)CC4)cc3C)cc12. The zero-order chi connectivity index (χ0) is 32.8. The number of sulfonamides is 1. The molecule has 0 spiro atoms. The summed E-state index contributed by atoms with van der Waals surface area (Å²) in [5, 5.41) is 17.4. The second-order valence-electron chi connectivity index (χ2n) is 11.4. The van der Waals surface area contributed by atoms with Crippen LogP contribution in [0.3, 0.4) is 0 Å². The summed E-state index contributed by atoms with van der Waals surface area (Å²) in [4.78, 5) is 12.5. The van der Waals surface area contributed by atoms with Gasteiger partial charge in [-0.1, -0.05) is 65.7 Å². The maximum atomic E-state index is 12.9. The van der Waals surface area contributed by atoms with Crippen LogP contribution >= 0.6 is 23.2 Å². The molecule has 0 saturated heterocycles. The first kappa shape index (κ1) is 31.8. The number of aryl methyl sites for hydroxylation is 1. The minimum Gasteiger partial charge on any atom is -0.494 e. The van der Waals surface area contributed by atoms with Crippen molar-refractivity contribution in [1.82, 2.24) is 14.6 Å². The Morgan fingerprint density at radius 1 is 0.935 bits per heavy atom. The first-order chi connectivity index (χ1) is 22.0. The van der Waals surface area contributed by atoms with Gasteiger partial charge >= 0.3 is 6.03 Å². The van der Waals surface area contributed by atoms with E-state index >= 15 is 0 Å². The molecule has 1 saturated carbocycles. The van der Waals surface area contributed by atoms with Gasteiger partial charge in [0.1, 0.15) is 16.4 Å². The fourth-order valence-electron chi connectivity index (χ4n) is 5.99. The van der Waals surface area contributed by atoms with Gasteiger partial charge in [0, 0.05) is 22.5 Å². The molecule has 0 aliphatic heterocycles. The summed E-state index contributed by atoms with van der Waals surface area (Å²) in [5.41, 5.74) is 2.01. The number of rotatable bonds is 10. The van der Waals surface area contributed by atoms with Crippen LogP contribution in [0.4, 0.5) is 4.79 Å². The van der Waals surface area contributed by atoms with Crippen LogP contribution in [0.15, 0.2) is 71.8 Å². The number of aromatic hydroxyl groups is 1. The van der Waals surface area contributed by atoms with E-state index in [9.17, 15) is 18.3 Å². The van der Waals surface area contributed by atoms with E-state index in [2.05, 4.69) is 5.32 Å². The summed E-state index contributed by atoms with van der Waals surface area (Å²) >= 11 is 12.1. The Hall–Kier alpha value is -4.12. The minimum atomic E-state index is -4.29. The van der Waals surface area contributed by atoms with Crippen molar-refractivity contribution < 1.29 is 27.8 Å². The van der Waals surface area contributed by atoms with Crippen LogP contribution in [0, 0.1) is 6.92 Å². The Morgan fingerprint density at radius 2 is 1.57 bits per heavy atom. The number of amides is 2. The van der Waals surface area contributed by atoms with Crippen molar-refractivity contribution >= 4 is 60.8 Å². The number of ether oxygens (including phenoxy) is 2. The van der Waals surface area contributed by atoms with E-state index in [1.54, 1.807) is 4.57 Å². The van der Waals surface area contributed by atoms with Crippen LogP contribution < -0.4 is 19.5 Å². The van der Waals surface area contributed by atoms with E-state index < -0.39 is 21.6 Å². The zero-order valence-electron chi connectivity index (χ0n) is 25.5. The third-order valence-electron chi connectivity index (χ3n) is 8.15. The summed E-state index contributed by atoms with van der Waals surface area (Å²) < 4.78 is 41.7. The van der Waals surface area contributed by atoms with Gasteiger partial charge in [0.25, 0.3) is 10.0 Å². The number of fused-ring (bicyclic) bond motifs is 2. The minimum absolute atomic E-state index is 0.0397. The molecule has 46 heavy (non-hydrogen) atoms. The average Bonchev–Trinajstić information content (AvgIpc) is 3.66. The maximum absolute atomic E-state index is 12.9. The summed E-state index contributed by atoms with van der Waals surface area (Å²) in [5.74, 6) is 1.32. The van der Waals surface area contributed by atoms with Crippen molar-refractivity contribution in [1.29, 1.82) is 0 Å². The van der Waals surface area contributed by atoms with Gasteiger partial charge in [-0.05, 0) is 69.4 Å². The molecule has 0 bridgehead atoms. The van der Waals surface area contributed by atoms with Gasteiger partial charge in [-0.3, -0.25) is 4.57 Å². The molecule has 1 aliphatic rings. The lowest BCUT2D eigenvalue weighted by molar-refractivity contribution is 0.240. The van der Waals surface area contributed by atoms with E-state index in [4.69, 9.17) is 32.7 Å². The summed E-state index contributed by atoms with van der Waals surface area (Å²) in [6.45, 7) is 6.67. The second kappa shape index (κ2) is 12.2. The molecule has 6 rings (SSSR count). The lowest BCUT2D eigenvalue weighted by Gasteiger charge is -2.19. The van der Waals surface area contributed by atoms with Gasteiger partial charge in [0.15, 0.2) is 0 Å². The lowest BCUT2D eigenvalue weighted by Crippen LogP contribution is -2.46. The lowest BCUT2D eigenvalue weighted by atomic mass is 10.0. The molecule has 3 N–H and O–H groups in total. The zero-order valence-corrected chi connectivity index (χ0v) is 27.8. The number of halogens is 2. The topological polar surface area (TPSA) is 119 Å². The monoisotopic (exact) mass is 681 g/mol. The van der Waals surface area contributed by atoms with Crippen LogP contribution in [-0.4, -0.2) is 42.9 Å². The molecule has 2 amide bonds. The predicted octanol–water partition coefficient (Wildman–Crippen LogP) is 7.67. The average molecular weight is 683 g/mol. The Morgan fingerprint density at radius 3 is 2.17 bits per heavy atom. The van der Waals surface area contributed by atoms with Crippen LogP contribution in [0.5, 0.6) is 17.4 Å². The Kier molecular flexibility index (Phi) is 8.47. The number of carbonyl (C=O) groups is 1. The summed E-state index contributed by atoms with van der Waals surface area (Å²) in [7, 11) is -4.29. The fourth-order valence-corrected chi connectivity index (χ4v) is 8.05. The highest BCUT2D eigenvalue weighted by molar-refractivity contribution is 7.90. The van der Waals surface area contributed by atoms with Gasteiger partial charge in [0.05, 0.1) is 39.7 Å². The van der Waals surface area contributed by atoms with E-state index in [0.717, 1.165) is 33.0 Å². The van der Waals surface area contributed by atoms with Crippen LogP contribution in [0.25, 0.3) is 27.2 Å². The number of urea groups is 1. The molecule has 9 nitrogen and oxygen atoms in total. The number of aromatic nitrogens is 1. The number of hydrogen-bond acceptors (Lipinski definition) is 6. The van der Waals surface area contributed by atoms with E-state index in [1.807, 2.05) is 74.2 Å². The van der Waals surface area contributed by atoms with Gasteiger partial charge < -0.3 is 19.9 Å². The summed E-state index contributed by atoms with van der Waals surface area (Å²) in [6, 6.07) is 17.1. The quantitative estimate of drug-likeness (QED) is 0.139. The van der Waals surface area contributed by atoms with Crippen molar-refractivity contribution in [2.24, 2.45) is 0 Å². The van der Waals surface area contributed by atoms with Crippen molar-refractivity contribution in [3.8, 4) is 23.1 Å². The van der Waals surface area contributed by atoms with Gasteiger partial charge in [0.2, 0.25) is 5.88 Å². The first-order valence-corrected chi connectivity index (χ1v) is 17.2. The van der Waals surface area contributed by atoms with Gasteiger partial charge in [-0.25, -0.2) is 17.9 Å². The van der Waals surface area contributed by atoms with Crippen LogP contribution in [-0.2, 0) is 16.4 Å². The number of nitrogens with one attached hydrogen (secondary N) is 2. The normalized spacial score (nSPS) is 13.9. The largest absolute Gasteiger partial charge is 0.494 e. The molecule has 1 fully saturated rings. The number of hydrogen-bond donors (Lipinski definition) is 3. The Labute approximate surface area is 277 Å². The molecule has 1 heterocycles. The molecule has 0 radical (unpaired) electrons. The molecule has 1 aliphatic carbocycles. The van der Waals surface area contributed by atoms with Gasteiger partial charge in [-0.15, -0.1) is 0 Å². The molecule has 5 aromatic rings. The highest BCUT2D eigenvalue weighted by atomic mass is 35.5. The van der Waals surface area contributed by atoms with E-state index in [0.29, 0.717) is 49.4 Å². The van der Waals surface area contributed by atoms with Crippen molar-refractivity contribution in [3.05, 3.63) is 88.0 Å². The van der Waals surface area contributed by atoms with Gasteiger partial charge in [-0.2, -0.15) is 0 Å². The standard InChI is InChI=1S/C34H33Cl2N3O6S/c1-4-44-29-22-9-6-7-10-23(22)30(45-5-2)28-24(29)19-39(32(28)40)27-14-13-21(17-20(27)3)18-34(15-16-34)37-33(41)38-46(42,43)31-25(35)11-8-12-26(31)36/h6-14,17,19,40H,4-5,15-16,18H2,1-3H3,(H2,37,38,41). The maximum Gasteiger partial charge on any atom is 0.329 e. The van der Waals surface area contributed by atoms with Crippen molar-refractivity contribution in [2.75, 3.05) is 13.2 Å². The third-order valence-corrected chi connectivity index (χ3v) is 10.4. The Balaban J connectivity index is 1.28. The molecule has 4 aromatic carbocycles. The first-order valence-electron chi connectivity index (χ1n) is 14.9. The number of carbonyl (C=O) groups excluding carboxylic acids is 1. The smallest absolute Gasteiger partial charge is 0.329 e. The van der Waals surface area contributed by atoms with Crippen LogP contribution in [0.1, 0.15) is 37.8 Å². The molecule has 0 unspecified atom stereocenters. The molecular weight excluding hydrogens is 649 g/mol. The third kappa shape index (κ3) is 5.81. The molecular formula is C34H33Cl2N3O6S. The number of nitrogens with zero attached hydrogens (tertiary/aromatic N) is 1.